The van der Waals surface area contributed by atoms with Crippen molar-refractivity contribution in [1.29, 1.82) is 0 Å². The average molecular weight is 265 g/mol. The molecule has 0 amide bonds. The molecule has 4 rings (SSSR count). The number of hydrogen-bond donors (Lipinski definition) is 0. The van der Waals surface area contributed by atoms with Crippen LogP contribution in [0, 0.1) is 13.8 Å². The van der Waals surface area contributed by atoms with E-state index in [-0.39, 0.29) is 0 Å². The minimum absolute atomic E-state index is 0.793. The van der Waals surface area contributed by atoms with Gasteiger partial charge in [0.05, 0.1) is 18.5 Å². The largest absolute Gasteiger partial charge is 0.497 e. The third-order valence-electron chi connectivity index (χ3n) is 3.93. The zero-order valence-corrected chi connectivity index (χ0v) is 11.8. The van der Waals surface area contributed by atoms with Crippen LogP contribution in [0.3, 0.4) is 0 Å². The fraction of sp³-hybridized carbons (Fsp3) is 0.250. The first-order chi connectivity index (χ1) is 9.67. The van der Waals surface area contributed by atoms with Crippen LogP contribution in [0.1, 0.15) is 22.6 Å². The Kier molecular flexibility index (Phi) is 2.19. The predicted molar refractivity (Wildman–Crippen MR) is 77.3 cm³/mol. The maximum atomic E-state index is 5.32. The summed E-state index contributed by atoms with van der Waals surface area (Å²) in [7, 11) is 1.69. The lowest BCUT2D eigenvalue weighted by molar-refractivity contribution is 0.415. The van der Waals surface area contributed by atoms with Crippen LogP contribution in [0.5, 0.6) is 5.75 Å². The summed E-state index contributed by atoms with van der Waals surface area (Å²) in [5.41, 5.74) is 6.93. The monoisotopic (exact) mass is 265 g/mol. The molecule has 1 aliphatic rings. The van der Waals surface area contributed by atoms with Gasteiger partial charge < -0.3 is 4.74 Å². The van der Waals surface area contributed by atoms with Crippen LogP contribution in [0.25, 0.3) is 17.0 Å². The Bertz CT molecular complexity index is 849. The van der Waals surface area contributed by atoms with E-state index in [1.165, 1.54) is 22.5 Å². The summed E-state index contributed by atoms with van der Waals surface area (Å²) >= 11 is 0. The maximum Gasteiger partial charge on any atom is 0.235 e. The van der Waals surface area contributed by atoms with Crippen LogP contribution < -0.4 is 4.74 Å². The van der Waals surface area contributed by atoms with Crippen molar-refractivity contribution in [3.63, 3.8) is 0 Å². The lowest BCUT2D eigenvalue weighted by atomic mass is 10.1. The van der Waals surface area contributed by atoms with E-state index < -0.39 is 0 Å². The van der Waals surface area contributed by atoms with Crippen molar-refractivity contribution in [2.24, 2.45) is 0 Å². The van der Waals surface area contributed by atoms with E-state index in [0.29, 0.717) is 0 Å². The Morgan fingerprint density at radius 3 is 2.80 bits per heavy atom. The fourth-order valence-electron chi connectivity index (χ4n) is 3.06. The van der Waals surface area contributed by atoms with E-state index in [0.717, 1.165) is 29.3 Å². The van der Waals surface area contributed by atoms with Gasteiger partial charge in [0.15, 0.2) is 0 Å². The van der Waals surface area contributed by atoms with Gasteiger partial charge in [-0.25, -0.2) is 9.97 Å². The smallest absolute Gasteiger partial charge is 0.235 e. The number of rotatable bonds is 1. The third-order valence-corrected chi connectivity index (χ3v) is 3.93. The average Bonchev–Trinajstić information content (AvgIpc) is 2.93. The number of aryl methyl sites for hydroxylation is 2. The van der Waals surface area contributed by atoms with E-state index in [1.54, 1.807) is 7.11 Å². The summed E-state index contributed by atoms with van der Waals surface area (Å²) < 4.78 is 7.48. The Balaban J connectivity index is 2.03. The first kappa shape index (κ1) is 11.5. The second-order valence-electron chi connectivity index (χ2n) is 5.28. The van der Waals surface area contributed by atoms with Gasteiger partial charge >= 0.3 is 0 Å². The number of hydrogen-bond acceptors (Lipinski definition) is 3. The SMILES string of the molecule is COc1ccc2c(c1)-c1nc3nc(C)cc(C)n3c1C2. The molecule has 1 aromatic carbocycles. The molecule has 3 aromatic rings. The lowest BCUT2D eigenvalue weighted by Crippen LogP contribution is -2.00. The van der Waals surface area contributed by atoms with Gasteiger partial charge in [-0.15, -0.1) is 0 Å². The van der Waals surface area contributed by atoms with Gasteiger partial charge in [0.25, 0.3) is 0 Å². The predicted octanol–water partition coefficient (Wildman–Crippen LogP) is 2.93. The number of methoxy groups -OCH3 is 1. The molecule has 0 saturated heterocycles. The van der Waals surface area contributed by atoms with Gasteiger partial charge in [0.2, 0.25) is 5.78 Å². The van der Waals surface area contributed by atoms with Gasteiger partial charge in [-0.05, 0) is 37.6 Å². The Hall–Kier alpha value is -2.36. The van der Waals surface area contributed by atoms with Crippen molar-refractivity contribution in [3.05, 3.63) is 46.9 Å². The van der Waals surface area contributed by atoms with Crippen molar-refractivity contribution in [2.75, 3.05) is 7.11 Å². The second-order valence-corrected chi connectivity index (χ2v) is 5.28. The van der Waals surface area contributed by atoms with Crippen molar-refractivity contribution in [1.82, 2.24) is 14.4 Å². The summed E-state index contributed by atoms with van der Waals surface area (Å²) in [4.78, 5) is 9.26. The first-order valence-corrected chi connectivity index (χ1v) is 6.70. The van der Waals surface area contributed by atoms with E-state index in [4.69, 9.17) is 9.72 Å². The van der Waals surface area contributed by atoms with Crippen molar-refractivity contribution >= 4 is 5.78 Å². The molecule has 100 valence electrons. The fourth-order valence-corrected chi connectivity index (χ4v) is 3.06. The molecule has 4 nitrogen and oxygen atoms in total. The molecule has 0 fully saturated rings. The molecule has 0 atom stereocenters. The van der Waals surface area contributed by atoms with Crippen LogP contribution in [0.4, 0.5) is 0 Å². The van der Waals surface area contributed by atoms with E-state index in [2.05, 4.69) is 34.5 Å². The van der Waals surface area contributed by atoms with Gasteiger partial charge in [-0.1, -0.05) is 6.07 Å². The first-order valence-electron chi connectivity index (χ1n) is 6.70. The highest BCUT2D eigenvalue weighted by atomic mass is 16.5. The van der Waals surface area contributed by atoms with Crippen LogP contribution in [0.2, 0.25) is 0 Å². The molecule has 2 heterocycles. The molecule has 0 unspecified atom stereocenters. The number of benzene rings is 1. The molecule has 1 aliphatic carbocycles. The summed E-state index contributed by atoms with van der Waals surface area (Å²) in [6, 6.07) is 8.29. The molecule has 4 heteroatoms. The zero-order chi connectivity index (χ0) is 13.9. The highest BCUT2D eigenvalue weighted by Crippen LogP contribution is 2.38. The minimum Gasteiger partial charge on any atom is -0.497 e. The van der Waals surface area contributed by atoms with E-state index >= 15 is 0 Å². The minimum atomic E-state index is 0.793. The zero-order valence-electron chi connectivity index (χ0n) is 11.8. The van der Waals surface area contributed by atoms with Crippen LogP contribution in [-0.2, 0) is 6.42 Å². The van der Waals surface area contributed by atoms with Crippen molar-refractivity contribution in [3.8, 4) is 17.0 Å². The van der Waals surface area contributed by atoms with Gasteiger partial charge in [0, 0.05) is 23.4 Å². The summed E-state index contributed by atoms with van der Waals surface area (Å²) in [5.74, 6) is 1.66. The quantitative estimate of drug-likeness (QED) is 0.531. The van der Waals surface area contributed by atoms with Gasteiger partial charge in [-0.2, -0.15) is 0 Å². The molecule has 0 aliphatic heterocycles. The summed E-state index contributed by atoms with van der Waals surface area (Å²) in [6.45, 7) is 4.11. The molecule has 20 heavy (non-hydrogen) atoms. The van der Waals surface area contributed by atoms with Crippen molar-refractivity contribution < 1.29 is 4.74 Å². The van der Waals surface area contributed by atoms with Crippen LogP contribution in [-0.4, -0.2) is 21.5 Å². The normalized spacial score (nSPS) is 12.6. The highest BCUT2D eigenvalue weighted by molar-refractivity contribution is 5.76. The summed E-state index contributed by atoms with van der Waals surface area (Å²) in [5, 5.41) is 0. The molecule has 0 spiro atoms. The molecular weight excluding hydrogens is 250 g/mol. The van der Waals surface area contributed by atoms with Crippen LogP contribution in [0.15, 0.2) is 24.3 Å². The molecule has 0 radical (unpaired) electrons. The molecular formula is C16H15N3O. The van der Waals surface area contributed by atoms with E-state index in [9.17, 15) is 0 Å². The lowest BCUT2D eigenvalue weighted by Gasteiger charge is -2.05. The van der Waals surface area contributed by atoms with Gasteiger partial charge in [0.1, 0.15) is 5.75 Å². The molecule has 2 aromatic heterocycles. The van der Waals surface area contributed by atoms with E-state index in [1.807, 2.05) is 13.0 Å². The second kappa shape index (κ2) is 3.82. The highest BCUT2D eigenvalue weighted by Gasteiger charge is 2.25. The topological polar surface area (TPSA) is 39.4 Å². The number of imidazole rings is 1. The Labute approximate surface area is 117 Å². The number of aromatic nitrogens is 3. The van der Waals surface area contributed by atoms with Crippen molar-refractivity contribution in [2.45, 2.75) is 20.3 Å². The van der Waals surface area contributed by atoms with Gasteiger partial charge in [-0.3, -0.25) is 4.40 Å². The maximum absolute atomic E-state index is 5.32. The Morgan fingerprint density at radius 1 is 1.15 bits per heavy atom. The third kappa shape index (κ3) is 1.42. The number of ether oxygens (including phenoxy) is 1. The van der Waals surface area contributed by atoms with Crippen LogP contribution >= 0.6 is 0 Å². The Morgan fingerprint density at radius 2 is 2.00 bits per heavy atom. The molecule has 0 saturated carbocycles. The molecule has 0 bridgehead atoms. The molecule has 0 N–H and O–H groups in total. The number of nitrogens with zero attached hydrogens (tertiary/aromatic N) is 3. The standard InChI is InChI=1S/C16H15N3O/c1-9-6-10(2)19-14-7-11-4-5-12(20-3)8-13(11)15(14)18-16(19)17-9/h4-6,8H,7H2,1-3H3. The summed E-state index contributed by atoms with van der Waals surface area (Å²) in [6.07, 6.45) is 0.904. The number of fused-ring (bicyclic) bond motifs is 5.